The van der Waals surface area contributed by atoms with Gasteiger partial charge in [0.15, 0.2) is 0 Å². The molecule has 9 heteroatoms. The fourth-order valence-corrected chi connectivity index (χ4v) is 2.61. The Kier molecular flexibility index (Phi) is 3.86. The Hall–Kier alpha value is -2.32. The van der Waals surface area contributed by atoms with Crippen LogP contribution in [0.5, 0.6) is 0 Å². The first kappa shape index (κ1) is 14.6. The molecule has 0 fully saturated rings. The van der Waals surface area contributed by atoms with Crippen LogP contribution in [0.3, 0.4) is 0 Å². The van der Waals surface area contributed by atoms with E-state index in [9.17, 15) is 13.6 Å². The first-order chi connectivity index (χ1) is 10.5. The molecule has 0 aliphatic heterocycles. The standard InChI is InChI=1S/C13H6ClF2N3O2S/c14-10-4-3-9(22-10)12-18-19-13(21-12)17-11(20)7-2-1-6(15)5-8(7)16/h1-5H,(H,17,19,20). The van der Waals surface area contributed by atoms with E-state index in [1.165, 1.54) is 11.3 Å². The minimum atomic E-state index is -0.984. The number of hydrogen-bond donors (Lipinski definition) is 1. The van der Waals surface area contributed by atoms with Crippen molar-refractivity contribution in [1.29, 1.82) is 0 Å². The lowest BCUT2D eigenvalue weighted by Crippen LogP contribution is -2.14. The molecule has 1 N–H and O–H groups in total. The maximum Gasteiger partial charge on any atom is 0.322 e. The molecule has 3 aromatic rings. The Labute approximate surface area is 131 Å². The fourth-order valence-electron chi connectivity index (χ4n) is 1.64. The quantitative estimate of drug-likeness (QED) is 0.782. The number of carbonyl (C=O) groups is 1. The molecule has 1 amide bonds. The van der Waals surface area contributed by atoms with Gasteiger partial charge in [-0.15, -0.1) is 16.4 Å². The van der Waals surface area contributed by atoms with Crippen LogP contribution in [0.25, 0.3) is 10.8 Å². The highest BCUT2D eigenvalue weighted by Gasteiger charge is 2.17. The summed E-state index contributed by atoms with van der Waals surface area (Å²) in [5.74, 6) is -2.41. The molecule has 0 unspecified atom stereocenters. The van der Waals surface area contributed by atoms with E-state index in [1.807, 2.05) is 0 Å². The molecule has 112 valence electrons. The molecule has 3 rings (SSSR count). The Morgan fingerprint density at radius 3 is 2.73 bits per heavy atom. The minimum Gasteiger partial charge on any atom is -0.402 e. The number of halogens is 3. The van der Waals surface area contributed by atoms with Crippen molar-refractivity contribution in [2.45, 2.75) is 0 Å². The molecule has 5 nitrogen and oxygen atoms in total. The monoisotopic (exact) mass is 341 g/mol. The van der Waals surface area contributed by atoms with Gasteiger partial charge in [-0.2, -0.15) is 0 Å². The van der Waals surface area contributed by atoms with Gasteiger partial charge in [-0.1, -0.05) is 16.7 Å². The zero-order chi connectivity index (χ0) is 15.7. The highest BCUT2D eigenvalue weighted by molar-refractivity contribution is 7.19. The molecule has 0 aliphatic carbocycles. The van der Waals surface area contributed by atoms with E-state index >= 15 is 0 Å². The van der Waals surface area contributed by atoms with E-state index < -0.39 is 17.5 Å². The molecular formula is C13H6ClF2N3O2S. The smallest absolute Gasteiger partial charge is 0.322 e. The van der Waals surface area contributed by atoms with Crippen molar-refractivity contribution in [2.24, 2.45) is 0 Å². The summed E-state index contributed by atoms with van der Waals surface area (Å²) in [6.45, 7) is 0. The Bertz CT molecular complexity index is 849. The molecule has 22 heavy (non-hydrogen) atoms. The predicted octanol–water partition coefficient (Wildman–Crippen LogP) is 3.98. The average Bonchev–Trinajstić information content (AvgIpc) is 3.07. The summed E-state index contributed by atoms with van der Waals surface area (Å²) in [7, 11) is 0. The van der Waals surface area contributed by atoms with E-state index in [1.54, 1.807) is 12.1 Å². The topological polar surface area (TPSA) is 68.0 Å². The van der Waals surface area contributed by atoms with Gasteiger partial charge in [0.2, 0.25) is 0 Å². The third-order valence-corrected chi connectivity index (χ3v) is 3.82. The van der Waals surface area contributed by atoms with E-state index in [0.29, 0.717) is 15.3 Å². The molecule has 2 aromatic heterocycles. The summed E-state index contributed by atoms with van der Waals surface area (Å²) in [5.41, 5.74) is -0.333. The second kappa shape index (κ2) is 5.82. The second-order valence-corrected chi connectivity index (χ2v) is 5.81. The molecule has 2 heterocycles. The van der Waals surface area contributed by atoms with E-state index in [0.717, 1.165) is 12.1 Å². The second-order valence-electron chi connectivity index (χ2n) is 4.09. The van der Waals surface area contributed by atoms with Crippen molar-refractivity contribution in [3.63, 3.8) is 0 Å². The first-order valence-electron chi connectivity index (χ1n) is 5.88. The number of nitrogens with one attached hydrogen (secondary N) is 1. The summed E-state index contributed by atoms with van der Waals surface area (Å²) in [6, 6.07) is 5.76. The molecule has 0 spiro atoms. The average molecular weight is 342 g/mol. The number of carbonyl (C=O) groups excluding carboxylic acids is 1. The summed E-state index contributed by atoms with van der Waals surface area (Å²) >= 11 is 7.03. The lowest BCUT2D eigenvalue weighted by atomic mass is 10.2. The lowest BCUT2D eigenvalue weighted by Gasteiger charge is -2.01. The Morgan fingerprint density at radius 1 is 1.23 bits per heavy atom. The van der Waals surface area contributed by atoms with Crippen molar-refractivity contribution in [1.82, 2.24) is 10.2 Å². The molecule has 0 aliphatic rings. The highest BCUT2D eigenvalue weighted by atomic mass is 35.5. The zero-order valence-electron chi connectivity index (χ0n) is 10.6. The number of benzene rings is 1. The predicted molar refractivity (Wildman–Crippen MR) is 76.9 cm³/mol. The third-order valence-electron chi connectivity index (χ3n) is 2.61. The fraction of sp³-hybridized carbons (Fsp3) is 0. The van der Waals surface area contributed by atoms with Crippen LogP contribution in [0.1, 0.15) is 10.4 Å². The number of rotatable bonds is 3. The summed E-state index contributed by atoms with van der Waals surface area (Å²) in [6.07, 6.45) is 0. The Balaban J connectivity index is 1.79. The largest absolute Gasteiger partial charge is 0.402 e. The molecule has 0 radical (unpaired) electrons. The zero-order valence-corrected chi connectivity index (χ0v) is 12.2. The van der Waals surface area contributed by atoms with Gasteiger partial charge in [0.1, 0.15) is 11.6 Å². The van der Waals surface area contributed by atoms with Gasteiger partial charge in [-0.3, -0.25) is 10.1 Å². The normalized spacial score (nSPS) is 10.7. The van der Waals surface area contributed by atoms with E-state index in [-0.39, 0.29) is 17.5 Å². The molecule has 0 bridgehead atoms. The van der Waals surface area contributed by atoms with Crippen molar-refractivity contribution in [3.8, 4) is 10.8 Å². The van der Waals surface area contributed by atoms with Gasteiger partial charge in [-0.05, 0) is 24.3 Å². The van der Waals surface area contributed by atoms with Gasteiger partial charge < -0.3 is 4.42 Å². The van der Waals surface area contributed by atoms with Gasteiger partial charge in [0, 0.05) is 6.07 Å². The molecular weight excluding hydrogens is 336 g/mol. The van der Waals surface area contributed by atoms with Crippen molar-refractivity contribution < 1.29 is 18.0 Å². The van der Waals surface area contributed by atoms with Crippen LogP contribution in [-0.2, 0) is 0 Å². The van der Waals surface area contributed by atoms with Crippen LogP contribution in [0.2, 0.25) is 4.34 Å². The first-order valence-corrected chi connectivity index (χ1v) is 7.08. The molecule has 0 atom stereocenters. The number of amides is 1. The van der Waals surface area contributed by atoms with Crippen molar-refractivity contribution in [2.75, 3.05) is 5.32 Å². The maximum atomic E-state index is 13.5. The van der Waals surface area contributed by atoms with E-state index in [2.05, 4.69) is 15.5 Å². The van der Waals surface area contributed by atoms with Gasteiger partial charge in [0.25, 0.3) is 11.8 Å². The van der Waals surface area contributed by atoms with Crippen molar-refractivity contribution in [3.05, 3.63) is 51.9 Å². The number of anilines is 1. The lowest BCUT2D eigenvalue weighted by molar-refractivity contribution is 0.102. The summed E-state index contributed by atoms with van der Waals surface area (Å²) in [5, 5.41) is 9.63. The van der Waals surface area contributed by atoms with Crippen LogP contribution in [-0.4, -0.2) is 16.1 Å². The molecule has 1 aromatic carbocycles. The third kappa shape index (κ3) is 2.97. The number of aromatic nitrogens is 2. The number of thiophene rings is 1. The number of hydrogen-bond acceptors (Lipinski definition) is 5. The maximum absolute atomic E-state index is 13.5. The van der Waals surface area contributed by atoms with Crippen LogP contribution in [0, 0.1) is 11.6 Å². The van der Waals surface area contributed by atoms with Crippen molar-refractivity contribution >= 4 is 34.9 Å². The molecule has 0 saturated carbocycles. The SMILES string of the molecule is O=C(Nc1nnc(-c2ccc(Cl)s2)o1)c1ccc(F)cc1F. The Morgan fingerprint density at radius 2 is 2.05 bits per heavy atom. The van der Waals surface area contributed by atoms with Crippen LogP contribution in [0.15, 0.2) is 34.7 Å². The van der Waals surface area contributed by atoms with Crippen LogP contribution in [0.4, 0.5) is 14.8 Å². The highest BCUT2D eigenvalue weighted by Crippen LogP contribution is 2.30. The van der Waals surface area contributed by atoms with Gasteiger partial charge in [-0.25, -0.2) is 8.78 Å². The summed E-state index contributed by atoms with van der Waals surface area (Å²) in [4.78, 5) is 12.5. The number of nitrogens with zero attached hydrogens (tertiary/aromatic N) is 2. The van der Waals surface area contributed by atoms with Gasteiger partial charge >= 0.3 is 6.01 Å². The van der Waals surface area contributed by atoms with Crippen LogP contribution >= 0.6 is 22.9 Å². The van der Waals surface area contributed by atoms with Crippen LogP contribution < -0.4 is 5.32 Å². The molecule has 0 saturated heterocycles. The minimum absolute atomic E-state index is 0.173. The van der Waals surface area contributed by atoms with E-state index in [4.69, 9.17) is 16.0 Å². The summed E-state index contributed by atoms with van der Waals surface area (Å²) < 4.78 is 32.1. The van der Waals surface area contributed by atoms with Gasteiger partial charge in [0.05, 0.1) is 14.8 Å².